The smallest absolute Gasteiger partial charge is 0.271 e. The van der Waals surface area contributed by atoms with Crippen molar-refractivity contribution >= 4 is 5.91 Å². The van der Waals surface area contributed by atoms with Gasteiger partial charge < -0.3 is 11.1 Å². The average molecular weight is 286 g/mol. The molecule has 5 nitrogen and oxygen atoms in total. The number of hydrogen-bond acceptors (Lipinski definition) is 3. The molecule has 0 aliphatic rings. The first-order chi connectivity index (χ1) is 10.0. The zero-order valence-corrected chi connectivity index (χ0v) is 12.8. The van der Waals surface area contributed by atoms with Crippen LogP contribution in [0, 0.1) is 6.92 Å². The van der Waals surface area contributed by atoms with Crippen LogP contribution in [0.3, 0.4) is 0 Å². The van der Waals surface area contributed by atoms with E-state index in [2.05, 4.69) is 36.4 Å². The van der Waals surface area contributed by atoms with Crippen molar-refractivity contribution < 1.29 is 4.79 Å². The molecular weight excluding hydrogens is 264 g/mol. The minimum absolute atomic E-state index is 0.184. The summed E-state index contributed by atoms with van der Waals surface area (Å²) in [5, 5.41) is 6.84. The van der Waals surface area contributed by atoms with Gasteiger partial charge in [0.05, 0.1) is 5.69 Å². The van der Waals surface area contributed by atoms with Gasteiger partial charge in [-0.3, -0.25) is 4.79 Å². The zero-order valence-electron chi connectivity index (χ0n) is 12.8. The quantitative estimate of drug-likeness (QED) is 0.880. The molecule has 0 saturated carbocycles. The molecule has 21 heavy (non-hydrogen) atoms. The highest BCUT2D eigenvalue weighted by Gasteiger charge is 2.09. The van der Waals surface area contributed by atoms with Crippen LogP contribution >= 0.6 is 0 Å². The second-order valence-electron chi connectivity index (χ2n) is 5.21. The molecule has 2 rings (SSSR count). The third-order valence-corrected chi connectivity index (χ3v) is 3.65. The van der Waals surface area contributed by atoms with E-state index in [1.165, 1.54) is 11.1 Å². The van der Waals surface area contributed by atoms with Gasteiger partial charge in [0, 0.05) is 19.3 Å². The first kappa shape index (κ1) is 15.3. The maximum atomic E-state index is 11.5. The number of rotatable bonds is 5. The van der Waals surface area contributed by atoms with Gasteiger partial charge in [-0.25, -0.2) is 4.68 Å². The standard InChI is InChI=1S/C16H22N4O/c1-4-13(17)10-12-5-6-14(9-11(12)2)20-8-7-15(19-20)16(21)18-3/h5-9,13H,4,10,17H2,1-3H3,(H,18,21). The molecule has 0 aliphatic heterocycles. The summed E-state index contributed by atoms with van der Waals surface area (Å²) >= 11 is 0. The normalized spacial score (nSPS) is 12.2. The predicted octanol–water partition coefficient (Wildman–Crippen LogP) is 1.82. The van der Waals surface area contributed by atoms with E-state index >= 15 is 0 Å². The van der Waals surface area contributed by atoms with Gasteiger partial charge in [-0.1, -0.05) is 13.0 Å². The number of nitrogens with one attached hydrogen (secondary N) is 1. The van der Waals surface area contributed by atoms with Gasteiger partial charge in [-0.15, -0.1) is 0 Å². The number of benzene rings is 1. The Kier molecular flexibility index (Phi) is 4.75. The molecule has 0 aliphatic carbocycles. The summed E-state index contributed by atoms with van der Waals surface area (Å²) in [5.74, 6) is -0.184. The summed E-state index contributed by atoms with van der Waals surface area (Å²) < 4.78 is 1.71. The molecule has 0 spiro atoms. The molecule has 1 atom stereocenters. The molecule has 0 radical (unpaired) electrons. The summed E-state index contributed by atoms with van der Waals surface area (Å²) in [6.07, 6.45) is 3.64. The van der Waals surface area contributed by atoms with Crippen molar-refractivity contribution in [3.63, 3.8) is 0 Å². The Hall–Kier alpha value is -2.14. The van der Waals surface area contributed by atoms with E-state index in [1.54, 1.807) is 24.0 Å². The summed E-state index contributed by atoms with van der Waals surface area (Å²) in [7, 11) is 1.59. The first-order valence-electron chi connectivity index (χ1n) is 7.18. The van der Waals surface area contributed by atoms with Crippen molar-refractivity contribution in [3.8, 4) is 5.69 Å². The molecule has 1 heterocycles. The van der Waals surface area contributed by atoms with E-state index in [9.17, 15) is 4.79 Å². The Balaban J connectivity index is 2.23. The van der Waals surface area contributed by atoms with Crippen molar-refractivity contribution in [2.45, 2.75) is 32.7 Å². The monoisotopic (exact) mass is 286 g/mol. The lowest BCUT2D eigenvalue weighted by Crippen LogP contribution is -2.21. The highest BCUT2D eigenvalue weighted by molar-refractivity contribution is 5.91. The Morgan fingerprint density at radius 2 is 2.19 bits per heavy atom. The van der Waals surface area contributed by atoms with Crippen molar-refractivity contribution in [3.05, 3.63) is 47.3 Å². The second kappa shape index (κ2) is 6.54. The lowest BCUT2D eigenvalue weighted by Gasteiger charge is -2.12. The van der Waals surface area contributed by atoms with Crippen molar-refractivity contribution in [2.24, 2.45) is 5.73 Å². The predicted molar refractivity (Wildman–Crippen MR) is 83.7 cm³/mol. The Labute approximate surface area is 125 Å². The minimum Gasteiger partial charge on any atom is -0.354 e. The van der Waals surface area contributed by atoms with Crippen LogP contribution in [0.2, 0.25) is 0 Å². The van der Waals surface area contributed by atoms with E-state index in [0.717, 1.165) is 18.5 Å². The molecule has 3 N–H and O–H groups in total. The average Bonchev–Trinajstić information content (AvgIpc) is 2.98. The minimum atomic E-state index is -0.184. The van der Waals surface area contributed by atoms with E-state index < -0.39 is 0 Å². The molecule has 1 unspecified atom stereocenters. The molecule has 1 amide bonds. The van der Waals surface area contributed by atoms with Crippen LogP contribution in [0.5, 0.6) is 0 Å². The van der Waals surface area contributed by atoms with E-state index in [0.29, 0.717) is 5.69 Å². The summed E-state index contributed by atoms with van der Waals surface area (Å²) in [6, 6.07) is 8.05. The fourth-order valence-corrected chi connectivity index (χ4v) is 2.20. The topological polar surface area (TPSA) is 72.9 Å². The third kappa shape index (κ3) is 3.49. The van der Waals surface area contributed by atoms with E-state index in [1.807, 2.05) is 6.07 Å². The number of amides is 1. The number of aryl methyl sites for hydroxylation is 1. The van der Waals surface area contributed by atoms with Gasteiger partial charge in [-0.2, -0.15) is 5.10 Å². The van der Waals surface area contributed by atoms with Crippen LogP contribution in [0.4, 0.5) is 0 Å². The highest BCUT2D eigenvalue weighted by Crippen LogP contribution is 2.16. The summed E-state index contributed by atoms with van der Waals surface area (Å²) in [5.41, 5.74) is 9.81. The third-order valence-electron chi connectivity index (χ3n) is 3.65. The van der Waals surface area contributed by atoms with Gasteiger partial charge >= 0.3 is 0 Å². The van der Waals surface area contributed by atoms with Gasteiger partial charge in [0.15, 0.2) is 5.69 Å². The first-order valence-corrected chi connectivity index (χ1v) is 7.18. The fourth-order valence-electron chi connectivity index (χ4n) is 2.20. The second-order valence-corrected chi connectivity index (χ2v) is 5.21. The number of hydrogen-bond donors (Lipinski definition) is 2. The van der Waals surface area contributed by atoms with Gasteiger partial charge in [-0.05, 0) is 49.1 Å². The van der Waals surface area contributed by atoms with Crippen molar-refractivity contribution in [1.29, 1.82) is 0 Å². The summed E-state index contributed by atoms with van der Waals surface area (Å²) in [4.78, 5) is 11.5. The molecular formula is C16H22N4O. The van der Waals surface area contributed by atoms with Crippen LogP contribution in [-0.2, 0) is 6.42 Å². The number of carbonyl (C=O) groups excluding carboxylic acids is 1. The Bertz CT molecular complexity index is 633. The maximum Gasteiger partial charge on any atom is 0.271 e. The van der Waals surface area contributed by atoms with Gasteiger partial charge in [0.2, 0.25) is 0 Å². The van der Waals surface area contributed by atoms with Crippen LogP contribution in [0.1, 0.15) is 35.0 Å². The van der Waals surface area contributed by atoms with Gasteiger partial charge in [0.25, 0.3) is 5.91 Å². The lowest BCUT2D eigenvalue weighted by atomic mass is 10.00. The van der Waals surface area contributed by atoms with Crippen LogP contribution in [0.25, 0.3) is 5.69 Å². The fraction of sp³-hybridized carbons (Fsp3) is 0.375. The van der Waals surface area contributed by atoms with Crippen molar-refractivity contribution in [2.75, 3.05) is 7.05 Å². The number of nitrogens with two attached hydrogens (primary N) is 1. The highest BCUT2D eigenvalue weighted by atomic mass is 16.1. The van der Waals surface area contributed by atoms with Crippen molar-refractivity contribution in [1.82, 2.24) is 15.1 Å². The molecule has 0 fully saturated rings. The molecule has 5 heteroatoms. The van der Waals surface area contributed by atoms with Crippen LogP contribution < -0.4 is 11.1 Å². The molecule has 2 aromatic rings. The van der Waals surface area contributed by atoms with Gasteiger partial charge in [0.1, 0.15) is 0 Å². The summed E-state index contributed by atoms with van der Waals surface area (Å²) in [6.45, 7) is 4.17. The number of carbonyl (C=O) groups is 1. The zero-order chi connectivity index (χ0) is 15.4. The Morgan fingerprint density at radius 1 is 1.43 bits per heavy atom. The lowest BCUT2D eigenvalue weighted by molar-refractivity contribution is 0.0957. The molecule has 112 valence electrons. The molecule has 0 bridgehead atoms. The molecule has 0 saturated heterocycles. The molecule has 1 aromatic heterocycles. The van der Waals surface area contributed by atoms with E-state index in [4.69, 9.17) is 5.73 Å². The number of nitrogens with zero attached hydrogens (tertiary/aromatic N) is 2. The molecule has 1 aromatic carbocycles. The van der Waals surface area contributed by atoms with Crippen LogP contribution in [-0.4, -0.2) is 28.8 Å². The maximum absolute atomic E-state index is 11.5. The number of aromatic nitrogens is 2. The van der Waals surface area contributed by atoms with E-state index in [-0.39, 0.29) is 11.9 Å². The largest absolute Gasteiger partial charge is 0.354 e. The Morgan fingerprint density at radius 3 is 2.81 bits per heavy atom. The SMILES string of the molecule is CCC(N)Cc1ccc(-n2ccc(C(=O)NC)n2)cc1C. The van der Waals surface area contributed by atoms with Crippen LogP contribution in [0.15, 0.2) is 30.5 Å².